The molecule has 0 radical (unpaired) electrons. The van der Waals surface area contributed by atoms with Crippen molar-refractivity contribution < 1.29 is 0 Å². The molecule has 0 aliphatic carbocycles. The normalized spacial score (nSPS) is 19.8. The van der Waals surface area contributed by atoms with Gasteiger partial charge in [0.05, 0.1) is 6.04 Å². The highest BCUT2D eigenvalue weighted by Crippen LogP contribution is 2.19. The topological polar surface area (TPSA) is 103 Å². The lowest BCUT2D eigenvalue weighted by Crippen LogP contribution is -2.27. The average Bonchev–Trinajstić information content (AvgIpc) is 2.04. The molecular weight excluding hydrogens is 186 g/mol. The van der Waals surface area contributed by atoms with E-state index in [2.05, 4.69) is 9.98 Å². The first-order valence-corrected chi connectivity index (χ1v) is 5.34. The van der Waals surface area contributed by atoms with Crippen LogP contribution in [0.15, 0.2) is 9.98 Å². The van der Waals surface area contributed by atoms with E-state index in [1.165, 1.54) is 0 Å². The van der Waals surface area contributed by atoms with Gasteiger partial charge >= 0.3 is 0 Å². The highest BCUT2D eigenvalue weighted by atomic mass is 32.2. The van der Waals surface area contributed by atoms with E-state index >= 15 is 0 Å². The molecule has 5 nitrogen and oxygen atoms in total. The first-order chi connectivity index (χ1) is 6.18. The van der Waals surface area contributed by atoms with Crippen LogP contribution < -0.4 is 17.2 Å². The number of rotatable bonds is 1. The van der Waals surface area contributed by atoms with Crippen LogP contribution in [0.4, 0.5) is 0 Å². The van der Waals surface area contributed by atoms with Gasteiger partial charge in [0.15, 0.2) is 5.96 Å². The molecular formula is C7H15N5S. The Morgan fingerprint density at radius 1 is 1.15 bits per heavy atom. The van der Waals surface area contributed by atoms with E-state index < -0.39 is 0 Å². The fraction of sp³-hybridized carbons (Fsp3) is 0.714. The molecule has 74 valence electrons. The van der Waals surface area contributed by atoms with Gasteiger partial charge in [-0.2, -0.15) is 16.8 Å². The zero-order valence-electron chi connectivity index (χ0n) is 7.44. The second-order valence-corrected chi connectivity index (χ2v) is 4.09. The number of hydrogen-bond acceptors (Lipinski definition) is 2. The van der Waals surface area contributed by atoms with Gasteiger partial charge in [0.25, 0.3) is 0 Å². The van der Waals surface area contributed by atoms with Crippen molar-refractivity contribution in [3.8, 4) is 0 Å². The van der Waals surface area contributed by atoms with Gasteiger partial charge in [-0.25, -0.2) is 4.99 Å². The molecule has 0 amide bonds. The number of aliphatic imine (C=N–C) groups is 2. The van der Waals surface area contributed by atoms with Crippen molar-refractivity contribution in [2.24, 2.45) is 27.2 Å². The summed E-state index contributed by atoms with van der Waals surface area (Å²) in [6, 6.07) is 0.296. The fourth-order valence-corrected chi connectivity index (χ4v) is 2.24. The molecule has 0 bridgehead atoms. The van der Waals surface area contributed by atoms with Gasteiger partial charge in [-0.3, -0.25) is 0 Å². The maximum atomic E-state index is 5.50. The van der Waals surface area contributed by atoms with Crippen molar-refractivity contribution in [1.82, 2.24) is 0 Å². The van der Waals surface area contributed by atoms with Gasteiger partial charge in [-0.1, -0.05) is 0 Å². The first-order valence-electron chi connectivity index (χ1n) is 4.19. The summed E-state index contributed by atoms with van der Waals surface area (Å²) in [6.45, 7) is 0. The van der Waals surface area contributed by atoms with Crippen molar-refractivity contribution in [2.45, 2.75) is 18.9 Å². The molecule has 0 aromatic rings. The zero-order chi connectivity index (χ0) is 9.68. The maximum Gasteiger partial charge on any atom is 0.218 e. The molecule has 1 heterocycles. The van der Waals surface area contributed by atoms with E-state index in [1.54, 1.807) is 0 Å². The Labute approximate surface area is 81.9 Å². The summed E-state index contributed by atoms with van der Waals surface area (Å²) in [6.07, 6.45) is 2.12. The molecule has 1 aliphatic rings. The third-order valence-electron chi connectivity index (χ3n) is 1.75. The van der Waals surface area contributed by atoms with Gasteiger partial charge in [0, 0.05) is 0 Å². The summed E-state index contributed by atoms with van der Waals surface area (Å²) < 4.78 is 0. The van der Waals surface area contributed by atoms with E-state index in [9.17, 15) is 0 Å². The Balaban J connectivity index is 2.48. The van der Waals surface area contributed by atoms with E-state index in [1.807, 2.05) is 11.8 Å². The molecule has 0 spiro atoms. The molecule has 6 N–H and O–H groups in total. The summed E-state index contributed by atoms with van der Waals surface area (Å²) in [5.41, 5.74) is 15.8. The van der Waals surface area contributed by atoms with Gasteiger partial charge in [0.2, 0.25) is 5.96 Å². The Morgan fingerprint density at radius 3 is 2.31 bits per heavy atom. The molecule has 0 saturated carbocycles. The van der Waals surface area contributed by atoms with Gasteiger partial charge in [-0.15, -0.1) is 0 Å². The minimum atomic E-state index is -0.0357. The molecule has 1 rings (SSSR count). The molecule has 0 aromatic heterocycles. The van der Waals surface area contributed by atoms with Crippen LogP contribution in [0.1, 0.15) is 12.8 Å². The van der Waals surface area contributed by atoms with Gasteiger partial charge in [-0.05, 0) is 24.3 Å². The maximum absolute atomic E-state index is 5.50. The van der Waals surface area contributed by atoms with Gasteiger partial charge in [0.1, 0.15) is 0 Å². The lowest BCUT2D eigenvalue weighted by molar-refractivity contribution is 0.626. The molecule has 1 saturated heterocycles. The van der Waals surface area contributed by atoms with Crippen molar-refractivity contribution in [3.63, 3.8) is 0 Å². The third-order valence-corrected chi connectivity index (χ3v) is 2.80. The predicted molar refractivity (Wildman–Crippen MR) is 57.8 cm³/mol. The summed E-state index contributed by atoms with van der Waals surface area (Å²) in [7, 11) is 0. The van der Waals surface area contributed by atoms with Crippen molar-refractivity contribution in [2.75, 3.05) is 11.5 Å². The Hall–Kier alpha value is -0.910. The lowest BCUT2D eigenvalue weighted by atomic mass is 10.2. The van der Waals surface area contributed by atoms with E-state index in [4.69, 9.17) is 17.2 Å². The second kappa shape index (κ2) is 4.96. The Bertz CT molecular complexity index is 215. The van der Waals surface area contributed by atoms with E-state index in [0.717, 1.165) is 24.3 Å². The summed E-state index contributed by atoms with van der Waals surface area (Å²) in [4.78, 5) is 7.87. The van der Waals surface area contributed by atoms with E-state index in [-0.39, 0.29) is 11.9 Å². The van der Waals surface area contributed by atoms with Gasteiger partial charge < -0.3 is 17.2 Å². The molecule has 13 heavy (non-hydrogen) atoms. The van der Waals surface area contributed by atoms with Crippen LogP contribution >= 0.6 is 11.8 Å². The van der Waals surface area contributed by atoms with Crippen LogP contribution in [-0.4, -0.2) is 29.5 Å². The minimum Gasteiger partial charge on any atom is -0.370 e. The number of hydrogen-bond donors (Lipinski definition) is 3. The standard InChI is InChI=1S/C7H15N5S/c8-6(9)12-7(10)11-5-1-3-13-4-2-5/h5H,1-4H2,(H6,8,9,10,11,12). The fourth-order valence-electron chi connectivity index (χ4n) is 1.16. The first kappa shape index (κ1) is 10.2. The van der Waals surface area contributed by atoms with Crippen LogP contribution in [-0.2, 0) is 0 Å². The summed E-state index contributed by atoms with van der Waals surface area (Å²) >= 11 is 1.94. The van der Waals surface area contributed by atoms with Crippen molar-refractivity contribution in [3.05, 3.63) is 0 Å². The van der Waals surface area contributed by atoms with Crippen LogP contribution in [0.25, 0.3) is 0 Å². The van der Waals surface area contributed by atoms with Crippen molar-refractivity contribution >= 4 is 23.7 Å². The molecule has 0 atom stereocenters. The number of nitrogens with two attached hydrogens (primary N) is 3. The second-order valence-electron chi connectivity index (χ2n) is 2.87. The molecule has 6 heteroatoms. The van der Waals surface area contributed by atoms with Crippen LogP contribution in [0.5, 0.6) is 0 Å². The smallest absolute Gasteiger partial charge is 0.218 e. The molecule has 0 aromatic carbocycles. The monoisotopic (exact) mass is 201 g/mol. The molecule has 1 fully saturated rings. The number of guanidine groups is 2. The van der Waals surface area contributed by atoms with Crippen LogP contribution in [0.3, 0.4) is 0 Å². The number of thioether (sulfide) groups is 1. The minimum absolute atomic E-state index is 0.0357. The third kappa shape index (κ3) is 4.02. The quantitative estimate of drug-likeness (QED) is 0.392. The van der Waals surface area contributed by atoms with Crippen LogP contribution in [0.2, 0.25) is 0 Å². The highest BCUT2D eigenvalue weighted by Gasteiger charge is 2.12. The average molecular weight is 201 g/mol. The van der Waals surface area contributed by atoms with E-state index in [0.29, 0.717) is 6.04 Å². The van der Waals surface area contributed by atoms with Crippen LogP contribution in [0, 0.1) is 0 Å². The lowest BCUT2D eigenvalue weighted by Gasteiger charge is -2.17. The SMILES string of the molecule is NC(N)=NC(N)=NC1CCSCC1. The molecule has 1 aliphatic heterocycles. The highest BCUT2D eigenvalue weighted by molar-refractivity contribution is 7.99. The summed E-state index contributed by atoms with van der Waals surface area (Å²) in [5.74, 6) is 2.44. The Kier molecular flexibility index (Phi) is 3.88. The predicted octanol–water partition coefficient (Wildman–Crippen LogP) is -0.530. The molecule has 0 unspecified atom stereocenters. The van der Waals surface area contributed by atoms with Crippen molar-refractivity contribution in [1.29, 1.82) is 0 Å². The largest absolute Gasteiger partial charge is 0.370 e. The zero-order valence-corrected chi connectivity index (χ0v) is 8.26. The number of nitrogens with zero attached hydrogens (tertiary/aromatic N) is 2. The summed E-state index contributed by atoms with van der Waals surface area (Å²) in [5, 5.41) is 0. The Morgan fingerprint density at radius 2 is 1.77 bits per heavy atom.